The maximum absolute atomic E-state index is 11.4. The number of carboxylic acids is 1. The zero-order valence-electron chi connectivity index (χ0n) is 20.7. The Bertz CT molecular complexity index is 912. The van der Waals surface area contributed by atoms with Crippen LogP contribution in [0.15, 0.2) is 41.3 Å². The number of carboxylic acid groups (broad SMARTS) is 1. The fraction of sp³-hybridized carbons (Fsp3) is 0.519. The monoisotopic (exact) mass is 470 g/mol. The van der Waals surface area contributed by atoms with Crippen LogP contribution in [0.1, 0.15) is 42.5 Å². The van der Waals surface area contributed by atoms with Crippen molar-refractivity contribution < 1.29 is 14.6 Å². The van der Waals surface area contributed by atoms with E-state index in [-0.39, 0.29) is 0 Å². The van der Waals surface area contributed by atoms with Crippen LogP contribution in [0.25, 0.3) is 0 Å². The van der Waals surface area contributed by atoms with E-state index >= 15 is 0 Å². The summed E-state index contributed by atoms with van der Waals surface area (Å²) < 4.78 is 5.83. The summed E-state index contributed by atoms with van der Waals surface area (Å²) >= 11 is 1.79. The molecule has 3 rings (SSSR count). The van der Waals surface area contributed by atoms with Gasteiger partial charge >= 0.3 is 5.97 Å². The van der Waals surface area contributed by atoms with E-state index in [1.807, 2.05) is 13.8 Å². The molecule has 1 heterocycles. The lowest BCUT2D eigenvalue weighted by Crippen LogP contribution is -2.46. The highest BCUT2D eigenvalue weighted by Gasteiger charge is 2.30. The molecule has 5 nitrogen and oxygen atoms in total. The molecule has 0 spiro atoms. The molecule has 0 unspecified atom stereocenters. The van der Waals surface area contributed by atoms with Crippen molar-refractivity contribution >= 4 is 17.7 Å². The minimum absolute atomic E-state index is 0.686. The van der Waals surface area contributed by atoms with Gasteiger partial charge < -0.3 is 14.7 Å². The van der Waals surface area contributed by atoms with Crippen molar-refractivity contribution in [1.82, 2.24) is 9.80 Å². The van der Waals surface area contributed by atoms with E-state index in [2.05, 4.69) is 52.5 Å². The molecule has 0 amide bonds. The van der Waals surface area contributed by atoms with E-state index in [1.165, 1.54) is 16.0 Å². The lowest BCUT2D eigenvalue weighted by atomic mass is 10.0. The first-order chi connectivity index (χ1) is 15.7. The molecule has 0 aliphatic carbocycles. The second-order valence-electron chi connectivity index (χ2n) is 9.55. The van der Waals surface area contributed by atoms with Gasteiger partial charge in [-0.15, -0.1) is 11.8 Å². The summed E-state index contributed by atoms with van der Waals surface area (Å²) in [6, 6.07) is 13.2. The van der Waals surface area contributed by atoms with Crippen LogP contribution in [-0.2, 0) is 17.8 Å². The third-order valence-corrected chi connectivity index (χ3v) is 7.11. The van der Waals surface area contributed by atoms with E-state index in [0.29, 0.717) is 5.75 Å². The third kappa shape index (κ3) is 7.23. The van der Waals surface area contributed by atoms with E-state index in [1.54, 1.807) is 25.6 Å². The summed E-state index contributed by atoms with van der Waals surface area (Å²) in [5.41, 5.74) is 3.44. The molecule has 0 radical (unpaired) electrons. The molecule has 33 heavy (non-hydrogen) atoms. The average molecular weight is 471 g/mol. The first-order valence-corrected chi connectivity index (χ1v) is 13.0. The number of hydrogen-bond acceptors (Lipinski definition) is 5. The zero-order valence-corrected chi connectivity index (χ0v) is 21.5. The summed E-state index contributed by atoms with van der Waals surface area (Å²) in [7, 11) is 0. The second kappa shape index (κ2) is 11.4. The SMILES string of the molecule is CSc1ccc(CN2CCN(CCCc3cc(C)c(OC(C)(C)C(=O)O)c(C)c3)CC2)cc1. The fourth-order valence-electron chi connectivity index (χ4n) is 4.31. The molecule has 2 aromatic rings. The number of thioether (sulfide) groups is 1. The average Bonchev–Trinajstić information content (AvgIpc) is 2.78. The lowest BCUT2D eigenvalue weighted by Gasteiger charge is -2.34. The van der Waals surface area contributed by atoms with Crippen molar-refractivity contribution in [3.8, 4) is 5.75 Å². The molecule has 1 N–H and O–H groups in total. The molecule has 0 bridgehead atoms. The molecule has 1 saturated heterocycles. The van der Waals surface area contributed by atoms with Crippen molar-refractivity contribution in [3.63, 3.8) is 0 Å². The Labute approximate surface area is 203 Å². The Morgan fingerprint density at radius 2 is 1.58 bits per heavy atom. The molecule has 1 aliphatic rings. The number of benzene rings is 2. The highest BCUT2D eigenvalue weighted by atomic mass is 32.2. The minimum atomic E-state index is -1.24. The van der Waals surface area contributed by atoms with Gasteiger partial charge in [0.05, 0.1) is 0 Å². The summed E-state index contributed by atoms with van der Waals surface area (Å²) in [5, 5.41) is 9.36. The first-order valence-electron chi connectivity index (χ1n) is 11.8. The van der Waals surface area contributed by atoms with E-state index in [0.717, 1.165) is 63.2 Å². The summed E-state index contributed by atoms with van der Waals surface area (Å²) in [5.74, 6) is -0.274. The molecule has 6 heteroatoms. The topological polar surface area (TPSA) is 53.0 Å². The summed E-state index contributed by atoms with van der Waals surface area (Å²) in [4.78, 5) is 17.8. The summed E-state index contributed by atoms with van der Waals surface area (Å²) in [6.07, 6.45) is 4.26. The van der Waals surface area contributed by atoms with E-state index < -0.39 is 11.6 Å². The molecule has 2 aromatic carbocycles. The Morgan fingerprint density at radius 3 is 2.12 bits per heavy atom. The molecule has 0 aromatic heterocycles. The van der Waals surface area contributed by atoms with Crippen LogP contribution in [-0.4, -0.2) is 65.5 Å². The van der Waals surface area contributed by atoms with Gasteiger partial charge in [0.25, 0.3) is 0 Å². The molecule has 1 fully saturated rings. The van der Waals surface area contributed by atoms with Gasteiger partial charge in [0, 0.05) is 37.6 Å². The van der Waals surface area contributed by atoms with Gasteiger partial charge in [-0.1, -0.05) is 24.3 Å². The maximum Gasteiger partial charge on any atom is 0.347 e. The normalized spacial score (nSPS) is 15.5. The van der Waals surface area contributed by atoms with Crippen molar-refractivity contribution in [2.24, 2.45) is 0 Å². The largest absolute Gasteiger partial charge is 0.478 e. The number of aliphatic carboxylic acids is 1. The van der Waals surface area contributed by atoms with Gasteiger partial charge in [-0.3, -0.25) is 4.90 Å². The number of hydrogen-bond donors (Lipinski definition) is 1. The third-order valence-electron chi connectivity index (χ3n) is 6.36. The van der Waals surface area contributed by atoms with Crippen molar-refractivity contribution in [2.45, 2.75) is 57.6 Å². The first kappa shape index (κ1) is 25.6. The molecule has 0 saturated carbocycles. The lowest BCUT2D eigenvalue weighted by molar-refractivity contribution is -0.152. The standard InChI is InChI=1S/C27H38N2O3S/c1-20-17-23(18-21(2)25(20)32-27(3,4)26(30)31)7-6-12-28-13-15-29(16-14-28)19-22-8-10-24(33-5)11-9-22/h8-11,17-18H,6-7,12-16,19H2,1-5H3,(H,30,31). The van der Waals surface area contributed by atoms with Gasteiger partial charge in [0.15, 0.2) is 5.60 Å². The Hall–Kier alpha value is -2.02. The smallest absolute Gasteiger partial charge is 0.347 e. The molecular formula is C27H38N2O3S. The van der Waals surface area contributed by atoms with Crippen molar-refractivity contribution in [2.75, 3.05) is 39.0 Å². The fourth-order valence-corrected chi connectivity index (χ4v) is 4.72. The number of carbonyl (C=O) groups is 1. The van der Waals surface area contributed by atoms with Crippen LogP contribution >= 0.6 is 11.8 Å². The number of nitrogens with zero attached hydrogens (tertiary/aromatic N) is 2. The number of rotatable bonds is 10. The van der Waals surface area contributed by atoms with Gasteiger partial charge in [0.2, 0.25) is 0 Å². The van der Waals surface area contributed by atoms with Crippen molar-refractivity contribution in [1.29, 1.82) is 0 Å². The van der Waals surface area contributed by atoms with Crippen LogP contribution in [0.5, 0.6) is 5.75 Å². The van der Waals surface area contributed by atoms with Crippen molar-refractivity contribution in [3.05, 3.63) is 58.7 Å². The Morgan fingerprint density at radius 1 is 1.00 bits per heavy atom. The van der Waals surface area contributed by atoms with Crippen LogP contribution in [0.3, 0.4) is 0 Å². The molecule has 0 atom stereocenters. The Kier molecular flexibility index (Phi) is 8.85. The summed E-state index contributed by atoms with van der Waals surface area (Å²) in [6.45, 7) is 13.8. The number of ether oxygens (including phenoxy) is 1. The predicted molar refractivity (Wildman–Crippen MR) is 137 cm³/mol. The maximum atomic E-state index is 11.4. The van der Waals surface area contributed by atoms with E-state index in [4.69, 9.17) is 4.74 Å². The van der Waals surface area contributed by atoms with Crippen LogP contribution in [0.2, 0.25) is 0 Å². The predicted octanol–water partition coefficient (Wildman–Crippen LogP) is 5.02. The highest BCUT2D eigenvalue weighted by Crippen LogP contribution is 2.29. The molecular weight excluding hydrogens is 432 g/mol. The molecule has 180 valence electrons. The number of aryl methyl sites for hydroxylation is 3. The Balaban J connectivity index is 1.44. The quantitative estimate of drug-likeness (QED) is 0.492. The van der Waals surface area contributed by atoms with Gasteiger partial charge in [-0.25, -0.2) is 4.79 Å². The van der Waals surface area contributed by atoms with Gasteiger partial charge in [0.1, 0.15) is 5.75 Å². The highest BCUT2D eigenvalue weighted by molar-refractivity contribution is 7.98. The van der Waals surface area contributed by atoms with Crippen LogP contribution in [0, 0.1) is 13.8 Å². The zero-order chi connectivity index (χ0) is 24.0. The van der Waals surface area contributed by atoms with Gasteiger partial charge in [-0.2, -0.15) is 0 Å². The number of piperazine rings is 1. The van der Waals surface area contributed by atoms with Gasteiger partial charge in [-0.05, 0) is 87.7 Å². The van der Waals surface area contributed by atoms with Crippen LogP contribution in [0.4, 0.5) is 0 Å². The second-order valence-corrected chi connectivity index (χ2v) is 10.4. The molecule has 1 aliphatic heterocycles. The minimum Gasteiger partial charge on any atom is -0.478 e. The van der Waals surface area contributed by atoms with Crippen LogP contribution < -0.4 is 4.74 Å². The van der Waals surface area contributed by atoms with E-state index in [9.17, 15) is 9.90 Å².